The number of hydrogen-bond donors (Lipinski definition) is 1. The largest absolute Gasteiger partial charge is 0.356 e. The summed E-state index contributed by atoms with van der Waals surface area (Å²) in [5, 5.41) is 0. The van der Waals surface area contributed by atoms with Gasteiger partial charge >= 0.3 is 0 Å². The van der Waals surface area contributed by atoms with Gasteiger partial charge in [-0.25, -0.2) is 0 Å². The van der Waals surface area contributed by atoms with Gasteiger partial charge in [0.05, 0.1) is 0 Å². The van der Waals surface area contributed by atoms with E-state index in [0.717, 1.165) is 35.5 Å². The average molecular weight is 289 g/mol. The number of amides is 1. The van der Waals surface area contributed by atoms with Gasteiger partial charge in [0, 0.05) is 29.5 Å². The van der Waals surface area contributed by atoms with Crippen molar-refractivity contribution >= 4 is 33.6 Å². The molecular formula is C10H13BrN2OS. The Bertz CT molecular complexity index is 345. The molecule has 1 amide bonds. The highest BCUT2D eigenvalue weighted by Gasteiger charge is 2.18. The third-order valence-corrected chi connectivity index (χ3v) is 3.89. The number of carbonyl (C=O) groups is 1. The van der Waals surface area contributed by atoms with Crippen molar-refractivity contribution in [3.63, 3.8) is 0 Å². The summed E-state index contributed by atoms with van der Waals surface area (Å²) in [5.41, 5.74) is 0.675. The Kier molecular flexibility index (Phi) is 3.75. The molecule has 5 heteroatoms. The van der Waals surface area contributed by atoms with Gasteiger partial charge in [-0.2, -0.15) is 11.8 Å². The summed E-state index contributed by atoms with van der Waals surface area (Å²) in [7, 11) is 0. The van der Waals surface area contributed by atoms with Crippen LogP contribution in [0.2, 0.25) is 0 Å². The summed E-state index contributed by atoms with van der Waals surface area (Å²) < 4.78 is 0.926. The summed E-state index contributed by atoms with van der Waals surface area (Å²) in [6, 6.07) is 1.83. The molecule has 1 aliphatic heterocycles. The van der Waals surface area contributed by atoms with Crippen molar-refractivity contribution in [3.05, 3.63) is 22.4 Å². The fourth-order valence-corrected chi connectivity index (χ4v) is 2.84. The van der Waals surface area contributed by atoms with E-state index < -0.39 is 0 Å². The SMILES string of the molecule is O=C(c1cc(Br)c[nH]1)N1CCCSCC1. The Morgan fingerprint density at radius 3 is 3.07 bits per heavy atom. The van der Waals surface area contributed by atoms with Crippen LogP contribution in [-0.4, -0.2) is 40.4 Å². The van der Waals surface area contributed by atoms with Crippen LogP contribution >= 0.6 is 27.7 Å². The second kappa shape index (κ2) is 5.07. The fourth-order valence-electron chi connectivity index (χ4n) is 1.61. The first-order valence-electron chi connectivity index (χ1n) is 4.98. The summed E-state index contributed by atoms with van der Waals surface area (Å²) in [4.78, 5) is 16.9. The maximum Gasteiger partial charge on any atom is 0.270 e. The van der Waals surface area contributed by atoms with E-state index >= 15 is 0 Å². The first kappa shape index (κ1) is 11.1. The standard InChI is InChI=1S/C10H13BrN2OS/c11-8-6-9(12-7-8)10(14)13-2-1-4-15-5-3-13/h6-7,12H,1-5H2. The number of aromatic nitrogens is 1. The molecule has 2 rings (SSSR count). The molecule has 1 aliphatic rings. The minimum Gasteiger partial charge on any atom is -0.356 e. The monoisotopic (exact) mass is 288 g/mol. The lowest BCUT2D eigenvalue weighted by molar-refractivity contribution is 0.0763. The second-order valence-corrected chi connectivity index (χ2v) is 5.63. The molecule has 0 spiro atoms. The van der Waals surface area contributed by atoms with Gasteiger partial charge in [-0.05, 0) is 34.2 Å². The van der Waals surface area contributed by atoms with Gasteiger partial charge in [0.25, 0.3) is 5.91 Å². The number of thioether (sulfide) groups is 1. The Morgan fingerprint density at radius 2 is 2.33 bits per heavy atom. The van der Waals surface area contributed by atoms with E-state index in [0.29, 0.717) is 5.69 Å². The van der Waals surface area contributed by atoms with Crippen molar-refractivity contribution in [3.8, 4) is 0 Å². The highest BCUT2D eigenvalue weighted by atomic mass is 79.9. The van der Waals surface area contributed by atoms with Crippen LogP contribution in [-0.2, 0) is 0 Å². The first-order valence-corrected chi connectivity index (χ1v) is 6.93. The molecule has 0 saturated carbocycles. The van der Waals surface area contributed by atoms with Crippen molar-refractivity contribution in [2.45, 2.75) is 6.42 Å². The van der Waals surface area contributed by atoms with E-state index in [4.69, 9.17) is 0 Å². The maximum absolute atomic E-state index is 12.0. The van der Waals surface area contributed by atoms with Gasteiger partial charge in [-0.1, -0.05) is 0 Å². The summed E-state index contributed by atoms with van der Waals surface area (Å²) >= 11 is 5.26. The van der Waals surface area contributed by atoms with Crippen LogP contribution < -0.4 is 0 Å². The van der Waals surface area contributed by atoms with Crippen molar-refractivity contribution in [1.29, 1.82) is 0 Å². The summed E-state index contributed by atoms with van der Waals surface area (Å²) in [6.07, 6.45) is 2.89. The summed E-state index contributed by atoms with van der Waals surface area (Å²) in [5.74, 6) is 2.33. The number of carbonyl (C=O) groups excluding carboxylic acids is 1. The van der Waals surface area contributed by atoms with Crippen LogP contribution in [0, 0.1) is 0 Å². The van der Waals surface area contributed by atoms with E-state index in [1.165, 1.54) is 0 Å². The zero-order chi connectivity index (χ0) is 10.7. The van der Waals surface area contributed by atoms with Crippen molar-refractivity contribution in [2.75, 3.05) is 24.6 Å². The van der Waals surface area contributed by atoms with Gasteiger partial charge in [-0.15, -0.1) is 0 Å². The van der Waals surface area contributed by atoms with Gasteiger partial charge in [0.15, 0.2) is 0 Å². The molecule has 1 saturated heterocycles. The van der Waals surface area contributed by atoms with Crippen LogP contribution in [0.4, 0.5) is 0 Å². The molecule has 1 aromatic rings. The smallest absolute Gasteiger partial charge is 0.270 e. The molecule has 1 N–H and O–H groups in total. The number of halogens is 1. The number of nitrogens with one attached hydrogen (secondary N) is 1. The van der Waals surface area contributed by atoms with Crippen LogP contribution in [0.15, 0.2) is 16.7 Å². The predicted octanol–water partition coefficient (Wildman–Crippen LogP) is 2.36. The van der Waals surface area contributed by atoms with E-state index in [1.54, 1.807) is 6.20 Å². The van der Waals surface area contributed by atoms with E-state index in [2.05, 4.69) is 20.9 Å². The zero-order valence-corrected chi connectivity index (χ0v) is 10.7. The Morgan fingerprint density at radius 1 is 1.47 bits per heavy atom. The molecule has 0 aromatic carbocycles. The third kappa shape index (κ3) is 2.78. The van der Waals surface area contributed by atoms with Crippen LogP contribution in [0.25, 0.3) is 0 Å². The molecule has 1 aromatic heterocycles. The van der Waals surface area contributed by atoms with Crippen LogP contribution in [0.3, 0.4) is 0 Å². The molecule has 1 fully saturated rings. The molecule has 0 aliphatic carbocycles. The molecule has 3 nitrogen and oxygen atoms in total. The lowest BCUT2D eigenvalue weighted by Crippen LogP contribution is -2.33. The maximum atomic E-state index is 12.0. The van der Waals surface area contributed by atoms with Gasteiger partial charge in [0.1, 0.15) is 5.69 Å². The highest BCUT2D eigenvalue weighted by molar-refractivity contribution is 9.10. The predicted molar refractivity (Wildman–Crippen MR) is 66.3 cm³/mol. The number of nitrogens with zero attached hydrogens (tertiary/aromatic N) is 1. The number of H-pyrrole nitrogens is 1. The minimum absolute atomic E-state index is 0.114. The van der Waals surface area contributed by atoms with Crippen LogP contribution in [0.5, 0.6) is 0 Å². The van der Waals surface area contributed by atoms with Gasteiger partial charge < -0.3 is 9.88 Å². The third-order valence-electron chi connectivity index (χ3n) is 2.39. The minimum atomic E-state index is 0.114. The fraction of sp³-hybridized carbons (Fsp3) is 0.500. The molecule has 0 atom stereocenters. The first-order chi connectivity index (χ1) is 7.27. The number of aromatic amines is 1. The molecule has 2 heterocycles. The van der Waals surface area contributed by atoms with E-state index in [9.17, 15) is 4.79 Å². The molecule has 15 heavy (non-hydrogen) atoms. The molecule has 0 unspecified atom stereocenters. The number of hydrogen-bond acceptors (Lipinski definition) is 2. The molecule has 0 radical (unpaired) electrons. The highest BCUT2D eigenvalue weighted by Crippen LogP contribution is 2.15. The zero-order valence-electron chi connectivity index (χ0n) is 8.33. The van der Waals surface area contributed by atoms with E-state index in [-0.39, 0.29) is 5.91 Å². The second-order valence-electron chi connectivity index (χ2n) is 3.49. The lowest BCUT2D eigenvalue weighted by atomic mass is 10.3. The van der Waals surface area contributed by atoms with Crippen molar-refractivity contribution in [2.24, 2.45) is 0 Å². The van der Waals surface area contributed by atoms with Gasteiger partial charge in [0.2, 0.25) is 0 Å². The quantitative estimate of drug-likeness (QED) is 0.861. The number of rotatable bonds is 1. The van der Waals surface area contributed by atoms with Crippen molar-refractivity contribution in [1.82, 2.24) is 9.88 Å². The van der Waals surface area contributed by atoms with Crippen LogP contribution in [0.1, 0.15) is 16.9 Å². The summed E-state index contributed by atoms with van der Waals surface area (Å²) in [6.45, 7) is 1.74. The molecular weight excluding hydrogens is 276 g/mol. The van der Waals surface area contributed by atoms with Gasteiger partial charge in [-0.3, -0.25) is 4.79 Å². The van der Waals surface area contributed by atoms with Crippen molar-refractivity contribution < 1.29 is 4.79 Å². The Hall–Kier alpha value is -0.420. The molecule has 0 bridgehead atoms. The lowest BCUT2D eigenvalue weighted by Gasteiger charge is -2.18. The Balaban J connectivity index is 2.06. The van der Waals surface area contributed by atoms with E-state index in [1.807, 2.05) is 22.7 Å². The Labute approximate surface area is 102 Å². The topological polar surface area (TPSA) is 36.1 Å². The normalized spacial score (nSPS) is 17.5. The average Bonchev–Trinajstić information content (AvgIpc) is 2.53. The molecule has 82 valence electrons.